The normalized spacial score (nSPS) is 20.5. The Bertz CT molecular complexity index is 478. The predicted molar refractivity (Wildman–Crippen MR) is 87.5 cm³/mol. The molecule has 1 aliphatic heterocycles. The van der Waals surface area contributed by atoms with Crippen LogP contribution < -0.4 is 5.32 Å². The molecule has 0 bridgehead atoms. The van der Waals surface area contributed by atoms with Crippen LogP contribution in [0.25, 0.3) is 0 Å². The van der Waals surface area contributed by atoms with Crippen LogP contribution in [0.3, 0.4) is 0 Å². The van der Waals surface area contributed by atoms with Crippen LogP contribution in [-0.2, 0) is 16.8 Å². The molecule has 0 spiro atoms. The molecule has 5 heteroatoms. The predicted octanol–water partition coefficient (Wildman–Crippen LogP) is 2.79. The van der Waals surface area contributed by atoms with Crippen LogP contribution in [0.5, 0.6) is 0 Å². The van der Waals surface area contributed by atoms with Crippen molar-refractivity contribution in [1.29, 1.82) is 0 Å². The van der Waals surface area contributed by atoms with Gasteiger partial charge in [0.2, 0.25) is 5.91 Å². The molecule has 0 aromatic carbocycles. The minimum absolute atomic E-state index is 0.119. The summed E-state index contributed by atoms with van der Waals surface area (Å²) in [5, 5.41) is 6.30. The van der Waals surface area contributed by atoms with Gasteiger partial charge in [-0.2, -0.15) is 0 Å². The Labute approximate surface area is 132 Å². The Kier molecular flexibility index (Phi) is 5.38. The third-order valence-corrected chi connectivity index (χ3v) is 5.12. The smallest absolute Gasteiger partial charge is 0.224 e. The molecule has 21 heavy (non-hydrogen) atoms. The first kappa shape index (κ1) is 16.4. The van der Waals surface area contributed by atoms with Crippen LogP contribution in [-0.4, -0.2) is 35.4 Å². The van der Waals surface area contributed by atoms with Gasteiger partial charge in [-0.15, -0.1) is 11.3 Å². The van der Waals surface area contributed by atoms with E-state index in [-0.39, 0.29) is 17.2 Å². The molecule has 1 fully saturated rings. The highest BCUT2D eigenvalue weighted by Gasteiger charge is 2.26. The second-order valence-electron chi connectivity index (χ2n) is 6.86. The maximum absolute atomic E-state index is 12.0. The summed E-state index contributed by atoms with van der Waals surface area (Å²) in [6.07, 6.45) is 2.10. The molecule has 0 aliphatic carbocycles. The number of carbonyl (C=O) groups excluding carboxylic acids is 1. The van der Waals surface area contributed by atoms with Crippen molar-refractivity contribution in [2.45, 2.75) is 52.5 Å². The molecule has 118 valence electrons. The van der Waals surface area contributed by atoms with Gasteiger partial charge in [-0.1, -0.05) is 20.8 Å². The molecule has 1 N–H and O–H groups in total. The average Bonchev–Trinajstić information content (AvgIpc) is 2.88. The summed E-state index contributed by atoms with van der Waals surface area (Å²) < 4.78 is 0. The van der Waals surface area contributed by atoms with Gasteiger partial charge in [-0.05, 0) is 26.3 Å². The molecule has 1 aromatic heterocycles. The van der Waals surface area contributed by atoms with Crippen LogP contribution in [0.2, 0.25) is 0 Å². The molecule has 0 saturated carbocycles. The van der Waals surface area contributed by atoms with E-state index in [1.54, 1.807) is 11.3 Å². The van der Waals surface area contributed by atoms with Crippen molar-refractivity contribution in [3.05, 3.63) is 16.1 Å². The molecular formula is C16H27N3OS. The van der Waals surface area contributed by atoms with E-state index in [4.69, 9.17) is 4.98 Å². The number of rotatable bonds is 4. The van der Waals surface area contributed by atoms with Gasteiger partial charge in [0.25, 0.3) is 0 Å². The largest absolute Gasteiger partial charge is 0.356 e. The van der Waals surface area contributed by atoms with Crippen LogP contribution in [0.4, 0.5) is 0 Å². The summed E-state index contributed by atoms with van der Waals surface area (Å²) in [6, 6.07) is 0. The Hall–Kier alpha value is -0.940. The highest BCUT2D eigenvalue weighted by atomic mass is 32.1. The SMILES string of the molecule is CCNC(=O)[C@@H]1CCCN(Cc2csc(C(C)(C)C)n2)C1. The van der Waals surface area contributed by atoms with Crippen molar-refractivity contribution in [3.8, 4) is 0 Å². The highest BCUT2D eigenvalue weighted by molar-refractivity contribution is 7.09. The van der Waals surface area contributed by atoms with Crippen LogP contribution >= 0.6 is 11.3 Å². The Morgan fingerprint density at radius 1 is 1.52 bits per heavy atom. The standard InChI is InChI=1S/C16H27N3OS/c1-5-17-14(20)12-7-6-8-19(9-12)10-13-11-21-15(18-13)16(2,3)4/h11-12H,5-10H2,1-4H3,(H,17,20)/t12-/m1/s1. The lowest BCUT2D eigenvalue weighted by atomic mass is 9.97. The van der Waals surface area contributed by atoms with Crippen LogP contribution in [0.15, 0.2) is 5.38 Å². The van der Waals surface area contributed by atoms with Crippen LogP contribution in [0.1, 0.15) is 51.2 Å². The molecule has 1 aromatic rings. The number of hydrogen-bond acceptors (Lipinski definition) is 4. The summed E-state index contributed by atoms with van der Waals surface area (Å²) in [4.78, 5) is 19.1. The average molecular weight is 309 g/mol. The molecule has 0 radical (unpaired) electrons. The number of amides is 1. The first-order valence-electron chi connectivity index (χ1n) is 7.85. The molecule has 2 rings (SSSR count). The summed E-state index contributed by atoms with van der Waals surface area (Å²) in [5.41, 5.74) is 1.26. The van der Waals surface area contributed by atoms with E-state index in [9.17, 15) is 4.79 Å². The number of nitrogens with zero attached hydrogens (tertiary/aromatic N) is 2. The van der Waals surface area contributed by atoms with E-state index in [0.717, 1.165) is 44.7 Å². The van der Waals surface area contributed by atoms with Crippen molar-refractivity contribution in [2.24, 2.45) is 5.92 Å². The molecule has 1 atom stereocenters. The van der Waals surface area contributed by atoms with E-state index < -0.39 is 0 Å². The number of nitrogens with one attached hydrogen (secondary N) is 1. The number of hydrogen-bond donors (Lipinski definition) is 1. The van der Waals surface area contributed by atoms with E-state index in [0.29, 0.717) is 0 Å². The Balaban J connectivity index is 1.93. The van der Waals surface area contributed by atoms with Crippen molar-refractivity contribution in [1.82, 2.24) is 15.2 Å². The van der Waals surface area contributed by atoms with Gasteiger partial charge >= 0.3 is 0 Å². The summed E-state index contributed by atoms with van der Waals surface area (Å²) in [7, 11) is 0. The van der Waals surface area contributed by atoms with E-state index in [1.807, 2.05) is 6.92 Å². The first-order valence-corrected chi connectivity index (χ1v) is 8.73. The fourth-order valence-corrected chi connectivity index (χ4v) is 3.58. The maximum atomic E-state index is 12.0. The fraction of sp³-hybridized carbons (Fsp3) is 0.750. The quantitative estimate of drug-likeness (QED) is 0.930. The summed E-state index contributed by atoms with van der Waals surface area (Å²) in [6.45, 7) is 12.1. The maximum Gasteiger partial charge on any atom is 0.224 e. The number of aromatic nitrogens is 1. The number of carbonyl (C=O) groups is 1. The molecule has 0 unspecified atom stereocenters. The molecule has 1 amide bonds. The number of thiazole rings is 1. The third-order valence-electron chi connectivity index (χ3n) is 3.81. The van der Waals surface area contributed by atoms with Gasteiger partial charge in [0.15, 0.2) is 0 Å². The zero-order valence-electron chi connectivity index (χ0n) is 13.6. The van der Waals surface area contributed by atoms with Crippen molar-refractivity contribution >= 4 is 17.2 Å². The van der Waals surface area contributed by atoms with Crippen LogP contribution in [0, 0.1) is 5.92 Å². The highest BCUT2D eigenvalue weighted by Crippen LogP contribution is 2.26. The van der Waals surface area contributed by atoms with E-state index in [1.165, 1.54) is 5.01 Å². The number of likely N-dealkylation sites (tertiary alicyclic amines) is 1. The second-order valence-corrected chi connectivity index (χ2v) is 7.72. The van der Waals surface area contributed by atoms with Gasteiger partial charge in [0.1, 0.15) is 0 Å². The van der Waals surface area contributed by atoms with Crippen molar-refractivity contribution in [2.75, 3.05) is 19.6 Å². The lowest BCUT2D eigenvalue weighted by Crippen LogP contribution is -2.42. The zero-order valence-corrected chi connectivity index (χ0v) is 14.4. The lowest BCUT2D eigenvalue weighted by molar-refractivity contribution is -0.126. The first-order chi connectivity index (χ1) is 9.90. The minimum Gasteiger partial charge on any atom is -0.356 e. The van der Waals surface area contributed by atoms with Gasteiger partial charge in [-0.25, -0.2) is 4.98 Å². The summed E-state index contributed by atoms with van der Waals surface area (Å²) >= 11 is 1.74. The summed E-state index contributed by atoms with van der Waals surface area (Å²) in [5.74, 6) is 0.343. The molecule has 4 nitrogen and oxygen atoms in total. The van der Waals surface area contributed by atoms with Crippen molar-refractivity contribution in [3.63, 3.8) is 0 Å². The van der Waals surface area contributed by atoms with Gasteiger partial charge in [-0.3, -0.25) is 9.69 Å². The van der Waals surface area contributed by atoms with Gasteiger partial charge < -0.3 is 5.32 Å². The molecule has 1 saturated heterocycles. The number of piperidine rings is 1. The van der Waals surface area contributed by atoms with E-state index >= 15 is 0 Å². The van der Waals surface area contributed by atoms with E-state index in [2.05, 4.69) is 36.4 Å². The topological polar surface area (TPSA) is 45.2 Å². The Morgan fingerprint density at radius 3 is 2.90 bits per heavy atom. The van der Waals surface area contributed by atoms with Gasteiger partial charge in [0.05, 0.1) is 16.6 Å². The van der Waals surface area contributed by atoms with Crippen molar-refractivity contribution < 1.29 is 4.79 Å². The molecular weight excluding hydrogens is 282 g/mol. The Morgan fingerprint density at radius 2 is 2.29 bits per heavy atom. The van der Waals surface area contributed by atoms with Gasteiger partial charge in [0, 0.05) is 30.4 Å². The fourth-order valence-electron chi connectivity index (χ4n) is 2.68. The minimum atomic E-state index is 0.119. The second kappa shape index (κ2) is 6.88. The zero-order chi connectivity index (χ0) is 15.5. The monoisotopic (exact) mass is 309 g/mol. The molecule has 1 aliphatic rings. The third kappa shape index (κ3) is 4.51. The molecule has 2 heterocycles. The lowest BCUT2D eigenvalue weighted by Gasteiger charge is -2.31.